The molecule has 5 heterocycles. The molecule has 3 aromatic heterocycles. The van der Waals surface area contributed by atoms with Gasteiger partial charge in [-0.15, -0.1) is 4.80 Å². The predicted octanol–water partition coefficient (Wildman–Crippen LogP) is 3.88. The van der Waals surface area contributed by atoms with E-state index in [1.807, 2.05) is 24.3 Å². The minimum Gasteiger partial charge on any atom is -0.491 e. The minimum absolute atomic E-state index is 0.0421. The summed E-state index contributed by atoms with van der Waals surface area (Å²) in [5.74, 6) is -0.958. The van der Waals surface area contributed by atoms with Gasteiger partial charge in [-0.1, -0.05) is 29.5 Å². The number of aryl methyl sites for hydroxylation is 1. The summed E-state index contributed by atoms with van der Waals surface area (Å²) in [6.45, 7) is 6.84. The zero-order valence-electron chi connectivity index (χ0n) is 30.1. The Morgan fingerprint density at radius 3 is 2.42 bits per heavy atom. The highest BCUT2D eigenvalue weighted by Gasteiger charge is 2.52. The number of hydrogen-bond acceptors (Lipinski definition) is 12. The van der Waals surface area contributed by atoms with Gasteiger partial charge in [0.2, 0.25) is 0 Å². The van der Waals surface area contributed by atoms with Gasteiger partial charge in [0, 0.05) is 18.2 Å². The number of thiophene rings is 1. The van der Waals surface area contributed by atoms with E-state index in [2.05, 4.69) is 10.2 Å². The molecule has 4 aromatic rings. The molecular weight excluding hydrogens is 711 g/mol. The van der Waals surface area contributed by atoms with Crippen LogP contribution in [0.15, 0.2) is 46.2 Å². The number of hydrogen-bond donors (Lipinski definition) is 0. The van der Waals surface area contributed by atoms with Crippen molar-refractivity contribution in [3.63, 3.8) is 0 Å². The minimum atomic E-state index is -3.82. The average Bonchev–Trinajstić information content (AvgIpc) is 3.38. The Hall–Kier alpha value is -3.70. The van der Waals surface area contributed by atoms with Crippen LogP contribution in [0.25, 0.3) is 15.2 Å². The number of carbonyl (C=O) groups excluding carboxylic acids is 1. The number of sulfone groups is 1. The number of benzene rings is 1. The van der Waals surface area contributed by atoms with Crippen LogP contribution in [0.3, 0.4) is 0 Å². The second-order valence-electron chi connectivity index (χ2n) is 14.8. The van der Waals surface area contributed by atoms with Crippen molar-refractivity contribution in [2.45, 2.75) is 107 Å². The zero-order valence-corrected chi connectivity index (χ0v) is 31.7. The topological polar surface area (TPSA) is 163 Å². The van der Waals surface area contributed by atoms with Gasteiger partial charge >= 0.3 is 5.69 Å². The summed E-state index contributed by atoms with van der Waals surface area (Å²) in [6, 6.07) is 7.47. The number of ketones is 1. The molecule has 16 heteroatoms. The van der Waals surface area contributed by atoms with E-state index < -0.39 is 49.0 Å². The second kappa shape index (κ2) is 13.9. The Bertz CT molecular complexity index is 2190. The highest BCUT2D eigenvalue weighted by atomic mass is 32.2. The third-order valence-corrected chi connectivity index (χ3v) is 14.7. The molecule has 3 fully saturated rings. The van der Waals surface area contributed by atoms with Gasteiger partial charge in [-0.25, -0.2) is 17.8 Å². The van der Waals surface area contributed by atoms with E-state index in [4.69, 9.17) is 18.9 Å². The number of methoxy groups -OCH3 is 1. The fraction of sp³-hybridized carbons (Fsp3) is 0.583. The summed E-state index contributed by atoms with van der Waals surface area (Å²) >= 11 is 1.18. The lowest BCUT2D eigenvalue weighted by Gasteiger charge is -2.33. The summed E-state index contributed by atoms with van der Waals surface area (Å²) in [7, 11) is -2.23. The van der Waals surface area contributed by atoms with Crippen molar-refractivity contribution < 1.29 is 32.2 Å². The molecule has 280 valence electrons. The van der Waals surface area contributed by atoms with Crippen LogP contribution in [0, 0.1) is 6.92 Å². The second-order valence-corrected chi connectivity index (χ2v) is 18.3. The first-order valence-electron chi connectivity index (χ1n) is 17.7. The maximum absolute atomic E-state index is 14.9. The molecule has 7 rings (SSSR count). The molecule has 0 N–H and O–H groups in total. The molecule has 14 nitrogen and oxygen atoms in total. The first-order valence-corrected chi connectivity index (χ1v) is 20.1. The number of ether oxygens (including phenoxy) is 4. The third-order valence-electron chi connectivity index (χ3n) is 10.8. The monoisotopic (exact) mass is 755 g/mol. The number of aromatic nitrogens is 5. The Morgan fingerprint density at radius 1 is 1.10 bits per heavy atom. The molecule has 4 atom stereocenters. The van der Waals surface area contributed by atoms with E-state index in [0.29, 0.717) is 65.6 Å². The van der Waals surface area contributed by atoms with E-state index in [0.717, 1.165) is 17.4 Å². The number of fused-ring (bicyclic) bond motifs is 3. The molecule has 0 radical (unpaired) electrons. The summed E-state index contributed by atoms with van der Waals surface area (Å²) in [5, 5.41) is 9.30. The van der Waals surface area contributed by atoms with Gasteiger partial charge in [0.25, 0.3) is 5.56 Å². The van der Waals surface area contributed by atoms with Gasteiger partial charge < -0.3 is 18.9 Å². The Labute approximate surface area is 305 Å². The van der Waals surface area contributed by atoms with Crippen LogP contribution >= 0.6 is 11.3 Å². The van der Waals surface area contributed by atoms with Crippen LogP contribution in [-0.2, 0) is 40.9 Å². The maximum atomic E-state index is 14.9. The summed E-state index contributed by atoms with van der Waals surface area (Å²) in [4.78, 5) is 45.1. The van der Waals surface area contributed by atoms with E-state index >= 15 is 0 Å². The lowest BCUT2D eigenvalue weighted by atomic mass is 9.99. The van der Waals surface area contributed by atoms with Crippen LogP contribution in [-0.4, -0.2) is 87.5 Å². The van der Waals surface area contributed by atoms with Crippen molar-refractivity contribution in [2.75, 3.05) is 26.1 Å². The van der Waals surface area contributed by atoms with Crippen LogP contribution in [0.4, 0.5) is 0 Å². The summed E-state index contributed by atoms with van der Waals surface area (Å²) in [5.41, 5.74) is -2.04. The highest BCUT2D eigenvalue weighted by molar-refractivity contribution is 7.93. The molecular formula is C36H45N5O9S2. The third kappa shape index (κ3) is 6.68. The Balaban J connectivity index is 1.38. The van der Waals surface area contributed by atoms with Crippen molar-refractivity contribution in [3.8, 4) is 10.8 Å². The Kier molecular flexibility index (Phi) is 9.82. The van der Waals surface area contributed by atoms with Crippen LogP contribution in [0.1, 0.15) is 76.5 Å². The molecule has 1 aliphatic carbocycles. The Morgan fingerprint density at radius 2 is 1.77 bits per heavy atom. The highest BCUT2D eigenvalue weighted by Crippen LogP contribution is 2.44. The van der Waals surface area contributed by atoms with Crippen molar-refractivity contribution in [1.82, 2.24) is 24.1 Å². The molecule has 2 bridgehead atoms. The standard InChI is InChI=1S/C36H45N5O9S2/c1-22-30-31(43)40(35(2,3)29(42)21-52(45,46)36(4)12-13-36)34(44)39(33(30)51-32(22)41-37-14-15-38-41)20-28(50-25-18-23-10-11-24(19-25)49-23)26-8-6-7-9-27(26)48-17-16-47-5/h6-9,14-15,23-25,28H,10-13,16-21H2,1-5H3/t23-,24+,25?,28-/m0/s1. The molecule has 52 heavy (non-hydrogen) atoms. The number of rotatable bonds is 15. The van der Waals surface area contributed by atoms with Crippen molar-refractivity contribution >= 4 is 37.2 Å². The number of carbonyl (C=O) groups is 1. The molecule has 2 aliphatic heterocycles. The van der Waals surface area contributed by atoms with E-state index in [-0.39, 0.29) is 30.2 Å². The number of Topliss-reactive ketones (excluding diaryl/α,β-unsaturated/α-hetero) is 1. The maximum Gasteiger partial charge on any atom is 0.333 e. The normalized spacial score (nSPS) is 21.8. The van der Waals surface area contributed by atoms with E-state index in [9.17, 15) is 22.8 Å². The van der Waals surface area contributed by atoms with Gasteiger partial charge in [0.15, 0.2) is 15.6 Å². The molecule has 1 aromatic carbocycles. The van der Waals surface area contributed by atoms with Crippen LogP contribution in [0.5, 0.6) is 5.75 Å². The predicted molar refractivity (Wildman–Crippen MR) is 194 cm³/mol. The molecule has 3 aliphatic rings. The molecule has 2 saturated heterocycles. The van der Waals surface area contributed by atoms with Crippen LogP contribution in [0.2, 0.25) is 0 Å². The first-order chi connectivity index (χ1) is 24.7. The zero-order chi connectivity index (χ0) is 37.0. The quantitative estimate of drug-likeness (QED) is 0.162. The number of nitrogens with zero attached hydrogens (tertiary/aromatic N) is 5. The van der Waals surface area contributed by atoms with Crippen molar-refractivity contribution in [2.24, 2.45) is 0 Å². The summed E-state index contributed by atoms with van der Waals surface area (Å²) in [6.07, 6.45) is 6.60. The number of para-hydroxylation sites is 1. The SMILES string of the molecule is COCCOc1ccccc1[C@H](Cn1c(=O)n(C(C)(C)C(=O)CS(=O)(=O)C2(C)CC2)c(=O)c2c(C)c(-n3nccn3)sc21)OC1C[C@H]2CC[C@@H](C1)O2. The largest absolute Gasteiger partial charge is 0.491 e. The van der Waals surface area contributed by atoms with Gasteiger partial charge in [-0.2, -0.15) is 10.2 Å². The van der Waals surface area contributed by atoms with Crippen molar-refractivity contribution in [1.29, 1.82) is 0 Å². The van der Waals surface area contributed by atoms with E-state index in [1.165, 1.54) is 46.9 Å². The van der Waals surface area contributed by atoms with Gasteiger partial charge in [0.05, 0.1) is 54.0 Å². The fourth-order valence-corrected chi connectivity index (χ4v) is 10.3. The fourth-order valence-electron chi connectivity index (χ4n) is 7.28. The molecule has 1 unspecified atom stereocenters. The molecule has 1 saturated carbocycles. The lowest BCUT2D eigenvalue weighted by molar-refractivity contribution is -0.123. The smallest absolute Gasteiger partial charge is 0.333 e. The van der Waals surface area contributed by atoms with Gasteiger partial charge in [0.1, 0.15) is 39.6 Å². The van der Waals surface area contributed by atoms with Gasteiger partial charge in [-0.05, 0) is 72.3 Å². The summed E-state index contributed by atoms with van der Waals surface area (Å²) < 4.78 is 52.3. The van der Waals surface area contributed by atoms with Crippen molar-refractivity contribution in [3.05, 3.63) is 68.6 Å². The van der Waals surface area contributed by atoms with Gasteiger partial charge in [-0.3, -0.25) is 14.2 Å². The molecule has 0 amide bonds. The van der Waals surface area contributed by atoms with Crippen LogP contribution < -0.4 is 16.0 Å². The average molecular weight is 756 g/mol. The van der Waals surface area contributed by atoms with E-state index in [1.54, 1.807) is 21.0 Å². The lowest BCUT2D eigenvalue weighted by Crippen LogP contribution is -2.54. The molecule has 0 spiro atoms. The first kappa shape index (κ1) is 36.6.